The lowest BCUT2D eigenvalue weighted by Crippen LogP contribution is -2.42. The van der Waals surface area contributed by atoms with Crippen LogP contribution in [-0.4, -0.2) is 24.4 Å². The number of nitrogens with one attached hydrogen (secondary N) is 1. The standard InChI is InChI=1S/C14H19ClN2O2/c1-9(2)16-14(19)8-17(11(4)18)12-6-5-10(3)13(15)7-12/h5-7,9H,8H2,1-4H3,(H,16,19). The van der Waals surface area contributed by atoms with Crippen LogP contribution in [0, 0.1) is 6.92 Å². The normalized spacial score (nSPS) is 10.4. The molecule has 4 nitrogen and oxygen atoms in total. The monoisotopic (exact) mass is 282 g/mol. The quantitative estimate of drug-likeness (QED) is 0.922. The molecule has 1 rings (SSSR count). The largest absolute Gasteiger partial charge is 0.352 e. The van der Waals surface area contributed by atoms with Crippen LogP contribution in [0.15, 0.2) is 18.2 Å². The maximum absolute atomic E-state index is 11.8. The Morgan fingerprint density at radius 1 is 1.37 bits per heavy atom. The molecule has 0 unspecified atom stereocenters. The minimum atomic E-state index is -0.196. The molecule has 0 saturated heterocycles. The third kappa shape index (κ3) is 4.56. The molecule has 1 N–H and O–H groups in total. The summed E-state index contributed by atoms with van der Waals surface area (Å²) in [6.45, 7) is 7.05. The number of anilines is 1. The summed E-state index contributed by atoms with van der Waals surface area (Å²) in [6, 6.07) is 5.35. The first-order valence-corrected chi connectivity index (χ1v) is 6.52. The molecule has 0 radical (unpaired) electrons. The number of carbonyl (C=O) groups excluding carboxylic acids is 2. The van der Waals surface area contributed by atoms with Gasteiger partial charge in [0.25, 0.3) is 0 Å². The van der Waals surface area contributed by atoms with Crippen molar-refractivity contribution in [2.24, 2.45) is 0 Å². The number of carbonyl (C=O) groups is 2. The van der Waals surface area contributed by atoms with Gasteiger partial charge in [0.05, 0.1) is 0 Å². The minimum absolute atomic E-state index is 0.00704. The lowest BCUT2D eigenvalue weighted by atomic mass is 10.2. The summed E-state index contributed by atoms with van der Waals surface area (Å²) in [5.41, 5.74) is 1.56. The molecule has 0 saturated carbocycles. The van der Waals surface area contributed by atoms with Gasteiger partial charge in [-0.1, -0.05) is 17.7 Å². The van der Waals surface area contributed by atoms with E-state index in [4.69, 9.17) is 11.6 Å². The molecule has 104 valence electrons. The van der Waals surface area contributed by atoms with E-state index in [1.807, 2.05) is 26.8 Å². The second kappa shape index (κ2) is 6.57. The number of rotatable bonds is 4. The van der Waals surface area contributed by atoms with Gasteiger partial charge in [-0.25, -0.2) is 0 Å². The first kappa shape index (κ1) is 15.5. The highest BCUT2D eigenvalue weighted by Crippen LogP contribution is 2.23. The summed E-state index contributed by atoms with van der Waals surface area (Å²) in [7, 11) is 0. The zero-order valence-corrected chi connectivity index (χ0v) is 12.4. The number of amides is 2. The molecule has 0 spiro atoms. The van der Waals surface area contributed by atoms with Crippen molar-refractivity contribution < 1.29 is 9.59 Å². The fourth-order valence-corrected chi connectivity index (χ4v) is 1.82. The van der Waals surface area contributed by atoms with Crippen LogP contribution in [0.5, 0.6) is 0 Å². The molecule has 2 amide bonds. The van der Waals surface area contributed by atoms with Crippen molar-refractivity contribution in [1.82, 2.24) is 5.32 Å². The third-order valence-corrected chi connectivity index (χ3v) is 3.01. The average Bonchev–Trinajstić information content (AvgIpc) is 2.28. The summed E-state index contributed by atoms with van der Waals surface area (Å²) >= 11 is 6.04. The van der Waals surface area contributed by atoms with Gasteiger partial charge in [-0.2, -0.15) is 0 Å². The first-order chi connectivity index (χ1) is 8.81. The van der Waals surface area contributed by atoms with Crippen molar-refractivity contribution in [1.29, 1.82) is 0 Å². The van der Waals surface area contributed by atoms with Gasteiger partial charge in [-0.15, -0.1) is 0 Å². The second-order valence-electron chi connectivity index (χ2n) is 4.76. The number of aryl methyl sites for hydroxylation is 1. The average molecular weight is 283 g/mol. The van der Waals surface area contributed by atoms with E-state index in [-0.39, 0.29) is 24.4 Å². The number of benzene rings is 1. The van der Waals surface area contributed by atoms with Crippen LogP contribution in [0.2, 0.25) is 5.02 Å². The van der Waals surface area contributed by atoms with E-state index in [0.717, 1.165) is 5.56 Å². The summed E-state index contributed by atoms with van der Waals surface area (Å²) in [5.74, 6) is -0.388. The van der Waals surface area contributed by atoms with Crippen molar-refractivity contribution in [2.45, 2.75) is 33.7 Å². The number of hydrogen-bond donors (Lipinski definition) is 1. The predicted octanol–water partition coefficient (Wildman–Crippen LogP) is 2.53. The Balaban J connectivity index is 2.91. The van der Waals surface area contributed by atoms with Gasteiger partial charge in [0.15, 0.2) is 0 Å². The van der Waals surface area contributed by atoms with Crippen LogP contribution in [0.1, 0.15) is 26.3 Å². The summed E-state index contributed by atoms with van der Waals surface area (Å²) < 4.78 is 0. The van der Waals surface area contributed by atoms with E-state index < -0.39 is 0 Å². The van der Waals surface area contributed by atoms with Gasteiger partial charge in [0.1, 0.15) is 6.54 Å². The summed E-state index contributed by atoms with van der Waals surface area (Å²) in [5, 5.41) is 3.33. The van der Waals surface area contributed by atoms with Gasteiger partial charge in [-0.05, 0) is 38.5 Å². The highest BCUT2D eigenvalue weighted by molar-refractivity contribution is 6.31. The Bertz CT molecular complexity index is 486. The Morgan fingerprint density at radius 3 is 2.47 bits per heavy atom. The second-order valence-corrected chi connectivity index (χ2v) is 5.17. The lowest BCUT2D eigenvalue weighted by Gasteiger charge is -2.22. The van der Waals surface area contributed by atoms with Crippen LogP contribution in [-0.2, 0) is 9.59 Å². The third-order valence-electron chi connectivity index (χ3n) is 2.60. The first-order valence-electron chi connectivity index (χ1n) is 6.15. The molecule has 0 aliphatic heterocycles. The van der Waals surface area contributed by atoms with E-state index in [1.54, 1.807) is 12.1 Å². The molecule has 1 aromatic rings. The van der Waals surface area contributed by atoms with Crippen LogP contribution >= 0.6 is 11.6 Å². The van der Waals surface area contributed by atoms with Gasteiger partial charge >= 0.3 is 0 Å². The van der Waals surface area contributed by atoms with Crippen molar-refractivity contribution in [3.8, 4) is 0 Å². The Morgan fingerprint density at radius 2 is 2.00 bits per heavy atom. The SMILES string of the molecule is CC(=O)N(CC(=O)NC(C)C)c1ccc(C)c(Cl)c1. The van der Waals surface area contributed by atoms with Crippen LogP contribution in [0.3, 0.4) is 0 Å². The maximum atomic E-state index is 11.8. The van der Waals surface area contributed by atoms with E-state index in [1.165, 1.54) is 11.8 Å². The van der Waals surface area contributed by atoms with Crippen molar-refractivity contribution in [3.63, 3.8) is 0 Å². The number of halogens is 1. The highest BCUT2D eigenvalue weighted by atomic mass is 35.5. The van der Waals surface area contributed by atoms with Gasteiger partial charge in [0, 0.05) is 23.7 Å². The Kier molecular flexibility index (Phi) is 5.36. The minimum Gasteiger partial charge on any atom is -0.352 e. The van der Waals surface area contributed by atoms with E-state index in [0.29, 0.717) is 10.7 Å². The van der Waals surface area contributed by atoms with Crippen LogP contribution < -0.4 is 10.2 Å². The van der Waals surface area contributed by atoms with Crippen molar-refractivity contribution >= 4 is 29.1 Å². The molecule has 0 atom stereocenters. The zero-order valence-electron chi connectivity index (χ0n) is 11.7. The molecule has 0 bridgehead atoms. The molecule has 19 heavy (non-hydrogen) atoms. The number of nitrogens with zero attached hydrogens (tertiary/aromatic N) is 1. The zero-order chi connectivity index (χ0) is 14.6. The fourth-order valence-electron chi connectivity index (χ4n) is 1.65. The molecule has 1 aromatic carbocycles. The maximum Gasteiger partial charge on any atom is 0.240 e. The Labute approximate surface area is 118 Å². The molecule has 0 fully saturated rings. The molecular formula is C14H19ClN2O2. The van der Waals surface area contributed by atoms with E-state index >= 15 is 0 Å². The number of hydrogen-bond acceptors (Lipinski definition) is 2. The fraction of sp³-hybridized carbons (Fsp3) is 0.429. The molecule has 0 aliphatic carbocycles. The van der Waals surface area contributed by atoms with Gasteiger partial charge < -0.3 is 10.2 Å². The van der Waals surface area contributed by atoms with Gasteiger partial charge in [-0.3, -0.25) is 9.59 Å². The molecular weight excluding hydrogens is 264 g/mol. The van der Waals surface area contributed by atoms with Crippen LogP contribution in [0.25, 0.3) is 0 Å². The highest BCUT2D eigenvalue weighted by Gasteiger charge is 2.16. The van der Waals surface area contributed by atoms with Gasteiger partial charge in [0.2, 0.25) is 11.8 Å². The van der Waals surface area contributed by atoms with Crippen molar-refractivity contribution in [2.75, 3.05) is 11.4 Å². The van der Waals surface area contributed by atoms with Crippen LogP contribution in [0.4, 0.5) is 5.69 Å². The smallest absolute Gasteiger partial charge is 0.240 e. The lowest BCUT2D eigenvalue weighted by molar-refractivity contribution is -0.123. The molecule has 5 heteroatoms. The molecule has 0 aromatic heterocycles. The molecule has 0 aliphatic rings. The van der Waals surface area contributed by atoms with E-state index in [2.05, 4.69) is 5.32 Å². The predicted molar refractivity (Wildman–Crippen MR) is 77.5 cm³/mol. The molecule has 0 heterocycles. The summed E-state index contributed by atoms with van der Waals surface area (Å²) in [4.78, 5) is 24.8. The van der Waals surface area contributed by atoms with E-state index in [9.17, 15) is 9.59 Å². The topological polar surface area (TPSA) is 49.4 Å². The van der Waals surface area contributed by atoms with Crippen molar-refractivity contribution in [3.05, 3.63) is 28.8 Å². The summed E-state index contributed by atoms with van der Waals surface area (Å²) in [6.07, 6.45) is 0. The Hall–Kier alpha value is -1.55.